The summed E-state index contributed by atoms with van der Waals surface area (Å²) in [5.74, 6) is 0.950. The van der Waals surface area contributed by atoms with Crippen molar-refractivity contribution in [3.8, 4) is 16.9 Å². The standard InChI is InChI=1S/C29H31F4N3O2/c1-4-6-8-24(38-18-29(31,32)33)14-9-20(7-5-2)17-34-28-25-15-22(21-10-12-23(30)13-11-21)16-26(37-3)27(25)35-19-36-28/h7-16,19H,4-6,17-18H2,1-3H3,(H,34,35,36)/b14-9-,20-7-,24-8-. The van der Waals surface area contributed by atoms with Crippen molar-refractivity contribution in [1.29, 1.82) is 0 Å². The quantitative estimate of drug-likeness (QED) is 0.146. The molecule has 9 heteroatoms. The van der Waals surface area contributed by atoms with Crippen LogP contribution in [-0.2, 0) is 4.74 Å². The van der Waals surface area contributed by atoms with Crippen molar-refractivity contribution in [2.45, 2.75) is 39.3 Å². The first kappa shape index (κ1) is 28.7. The van der Waals surface area contributed by atoms with E-state index in [-0.39, 0.29) is 11.6 Å². The molecule has 1 heterocycles. The summed E-state index contributed by atoms with van der Waals surface area (Å²) < 4.78 is 62.0. The van der Waals surface area contributed by atoms with E-state index >= 15 is 0 Å². The molecule has 0 atom stereocenters. The van der Waals surface area contributed by atoms with E-state index in [0.29, 0.717) is 35.4 Å². The molecule has 1 aromatic heterocycles. The first-order valence-corrected chi connectivity index (χ1v) is 12.3. The molecule has 0 aliphatic carbocycles. The molecule has 5 nitrogen and oxygen atoms in total. The van der Waals surface area contributed by atoms with Crippen molar-refractivity contribution >= 4 is 16.7 Å². The Hall–Kier alpha value is -3.88. The van der Waals surface area contributed by atoms with Gasteiger partial charge in [-0.15, -0.1) is 0 Å². The fraction of sp³-hybridized carbons (Fsp3) is 0.310. The van der Waals surface area contributed by atoms with Gasteiger partial charge in [0.15, 0.2) is 6.61 Å². The zero-order valence-corrected chi connectivity index (χ0v) is 21.6. The van der Waals surface area contributed by atoms with Crippen LogP contribution in [0.3, 0.4) is 0 Å². The van der Waals surface area contributed by atoms with Crippen LogP contribution in [0.1, 0.15) is 33.1 Å². The van der Waals surface area contributed by atoms with Crippen LogP contribution in [0.15, 0.2) is 78.4 Å². The molecule has 0 amide bonds. The highest BCUT2D eigenvalue weighted by Crippen LogP contribution is 2.34. The van der Waals surface area contributed by atoms with Gasteiger partial charge >= 0.3 is 6.18 Å². The lowest BCUT2D eigenvalue weighted by molar-refractivity contribution is -0.163. The number of methoxy groups -OCH3 is 1. The van der Waals surface area contributed by atoms with E-state index in [1.54, 1.807) is 37.5 Å². The average Bonchev–Trinajstić information content (AvgIpc) is 2.90. The molecule has 2 aromatic carbocycles. The van der Waals surface area contributed by atoms with Gasteiger partial charge in [0.2, 0.25) is 0 Å². The van der Waals surface area contributed by atoms with Crippen LogP contribution in [0.2, 0.25) is 0 Å². The molecule has 0 saturated carbocycles. The molecule has 38 heavy (non-hydrogen) atoms. The molecular formula is C29H31F4N3O2. The van der Waals surface area contributed by atoms with Crippen molar-refractivity contribution in [1.82, 2.24) is 9.97 Å². The lowest BCUT2D eigenvalue weighted by atomic mass is 10.0. The number of rotatable bonds is 12. The molecule has 3 aromatic rings. The van der Waals surface area contributed by atoms with Crippen LogP contribution in [0, 0.1) is 5.82 Å². The summed E-state index contributed by atoms with van der Waals surface area (Å²) in [5, 5.41) is 4.02. The largest absolute Gasteiger partial charge is 0.494 e. The summed E-state index contributed by atoms with van der Waals surface area (Å²) >= 11 is 0. The van der Waals surface area contributed by atoms with Gasteiger partial charge in [-0.1, -0.05) is 44.6 Å². The second-order valence-electron chi connectivity index (χ2n) is 8.48. The number of halogens is 4. The smallest absolute Gasteiger partial charge is 0.422 e. The number of allylic oxidation sites excluding steroid dienone is 3. The lowest BCUT2D eigenvalue weighted by Crippen LogP contribution is -2.16. The number of ether oxygens (including phenoxy) is 2. The van der Waals surface area contributed by atoms with Gasteiger partial charge in [0.25, 0.3) is 0 Å². The second-order valence-corrected chi connectivity index (χ2v) is 8.48. The number of hydrogen-bond donors (Lipinski definition) is 1. The van der Waals surface area contributed by atoms with Gasteiger partial charge in [-0.2, -0.15) is 13.2 Å². The Morgan fingerprint density at radius 2 is 1.76 bits per heavy atom. The molecule has 0 aliphatic rings. The number of benzene rings is 2. The predicted octanol–water partition coefficient (Wildman–Crippen LogP) is 8.01. The Balaban J connectivity index is 1.87. The zero-order chi connectivity index (χ0) is 27.5. The number of fused-ring (bicyclic) bond motifs is 1. The van der Waals surface area contributed by atoms with Crippen LogP contribution in [0.5, 0.6) is 5.75 Å². The van der Waals surface area contributed by atoms with Crippen molar-refractivity contribution in [3.05, 3.63) is 84.2 Å². The van der Waals surface area contributed by atoms with Gasteiger partial charge < -0.3 is 14.8 Å². The van der Waals surface area contributed by atoms with Gasteiger partial charge in [0.05, 0.1) is 7.11 Å². The number of aromatic nitrogens is 2. The molecule has 0 spiro atoms. The first-order valence-electron chi connectivity index (χ1n) is 12.3. The minimum Gasteiger partial charge on any atom is -0.494 e. The van der Waals surface area contributed by atoms with Crippen molar-refractivity contribution in [2.24, 2.45) is 0 Å². The minimum absolute atomic E-state index is 0.173. The summed E-state index contributed by atoms with van der Waals surface area (Å²) in [7, 11) is 1.55. The highest BCUT2D eigenvalue weighted by atomic mass is 19.4. The molecule has 0 bridgehead atoms. The van der Waals surface area contributed by atoms with Crippen LogP contribution >= 0.6 is 0 Å². The van der Waals surface area contributed by atoms with Gasteiger partial charge in [0.1, 0.15) is 35.0 Å². The van der Waals surface area contributed by atoms with Crippen molar-refractivity contribution < 1.29 is 27.0 Å². The maximum absolute atomic E-state index is 13.4. The van der Waals surface area contributed by atoms with Gasteiger partial charge in [-0.25, -0.2) is 14.4 Å². The van der Waals surface area contributed by atoms with Gasteiger partial charge in [0, 0.05) is 11.9 Å². The van der Waals surface area contributed by atoms with E-state index in [4.69, 9.17) is 9.47 Å². The highest BCUT2D eigenvalue weighted by molar-refractivity contribution is 5.96. The summed E-state index contributed by atoms with van der Waals surface area (Å²) in [5.41, 5.74) is 3.07. The SMILES string of the molecule is CC/C=C(/C=C\C(=C\CCC)OCC(F)(F)F)CNc1ncnc2c(OC)cc(-c3ccc(F)cc3)cc12. The molecular weight excluding hydrogens is 498 g/mol. The first-order chi connectivity index (χ1) is 18.2. The van der Waals surface area contributed by atoms with E-state index in [1.165, 1.54) is 18.5 Å². The second kappa shape index (κ2) is 13.6. The Labute approximate surface area is 219 Å². The fourth-order valence-corrected chi connectivity index (χ4v) is 3.70. The summed E-state index contributed by atoms with van der Waals surface area (Å²) in [4.78, 5) is 8.78. The third-order valence-electron chi connectivity index (χ3n) is 5.53. The van der Waals surface area contributed by atoms with E-state index in [9.17, 15) is 17.6 Å². The summed E-state index contributed by atoms with van der Waals surface area (Å²) in [6, 6.07) is 9.89. The van der Waals surface area contributed by atoms with Gasteiger partial charge in [-0.05, 0) is 66.0 Å². The monoisotopic (exact) mass is 529 g/mol. The van der Waals surface area contributed by atoms with Crippen molar-refractivity contribution in [2.75, 3.05) is 25.6 Å². The minimum atomic E-state index is -4.41. The molecule has 0 aliphatic heterocycles. The number of unbranched alkanes of at least 4 members (excludes halogenated alkanes) is 1. The van der Waals surface area contributed by atoms with Crippen LogP contribution in [0.4, 0.5) is 23.4 Å². The Morgan fingerprint density at radius 1 is 1.00 bits per heavy atom. The molecule has 0 saturated heterocycles. The van der Waals surface area contributed by atoms with Crippen LogP contribution in [-0.4, -0.2) is 36.4 Å². The zero-order valence-electron chi connectivity index (χ0n) is 21.6. The van der Waals surface area contributed by atoms with E-state index < -0.39 is 12.8 Å². The molecule has 0 fully saturated rings. The van der Waals surface area contributed by atoms with E-state index in [0.717, 1.165) is 29.5 Å². The van der Waals surface area contributed by atoms with Crippen LogP contribution in [0.25, 0.3) is 22.0 Å². The number of hydrogen-bond acceptors (Lipinski definition) is 5. The molecule has 1 N–H and O–H groups in total. The summed E-state index contributed by atoms with van der Waals surface area (Å²) in [6.07, 6.45) is 6.06. The number of nitrogens with zero attached hydrogens (tertiary/aromatic N) is 2. The predicted molar refractivity (Wildman–Crippen MR) is 142 cm³/mol. The Bertz CT molecular complexity index is 1300. The number of anilines is 1. The molecule has 0 unspecified atom stereocenters. The maximum atomic E-state index is 13.4. The maximum Gasteiger partial charge on any atom is 0.422 e. The third kappa shape index (κ3) is 8.33. The molecule has 202 valence electrons. The fourth-order valence-electron chi connectivity index (χ4n) is 3.70. The Kier molecular flexibility index (Phi) is 10.3. The molecule has 0 radical (unpaired) electrons. The Morgan fingerprint density at radius 3 is 2.42 bits per heavy atom. The lowest BCUT2D eigenvalue weighted by Gasteiger charge is -2.13. The molecule has 3 rings (SSSR count). The van der Waals surface area contributed by atoms with Gasteiger partial charge in [-0.3, -0.25) is 0 Å². The number of alkyl halides is 3. The number of nitrogens with one attached hydrogen (secondary N) is 1. The van der Waals surface area contributed by atoms with Crippen LogP contribution < -0.4 is 10.1 Å². The average molecular weight is 530 g/mol. The van der Waals surface area contributed by atoms with Crippen molar-refractivity contribution in [3.63, 3.8) is 0 Å². The summed E-state index contributed by atoms with van der Waals surface area (Å²) in [6.45, 7) is 2.93. The van der Waals surface area contributed by atoms with E-state index in [1.807, 2.05) is 32.1 Å². The third-order valence-corrected chi connectivity index (χ3v) is 5.53. The van der Waals surface area contributed by atoms with E-state index in [2.05, 4.69) is 15.3 Å². The highest BCUT2D eigenvalue weighted by Gasteiger charge is 2.28. The topological polar surface area (TPSA) is 56.3 Å². The normalized spacial score (nSPS) is 12.8.